The van der Waals surface area contributed by atoms with Crippen molar-refractivity contribution in [1.29, 1.82) is 0 Å². The van der Waals surface area contributed by atoms with Crippen molar-refractivity contribution < 1.29 is 23.8 Å². The molecule has 0 aliphatic carbocycles. The van der Waals surface area contributed by atoms with Gasteiger partial charge in [0.2, 0.25) is 0 Å². The number of halogens is 1. The summed E-state index contributed by atoms with van der Waals surface area (Å²) in [5.41, 5.74) is 1.70. The van der Waals surface area contributed by atoms with Crippen molar-refractivity contribution in [2.24, 2.45) is 0 Å². The number of rotatable bonds is 10. The number of imide groups is 1. The third kappa shape index (κ3) is 5.23. The smallest absolute Gasteiger partial charge is 0.278 e. The molecule has 170 valence electrons. The molecule has 7 nitrogen and oxygen atoms in total. The van der Waals surface area contributed by atoms with Crippen LogP contribution in [0.4, 0.5) is 5.69 Å². The van der Waals surface area contributed by atoms with Crippen LogP contribution in [-0.2, 0) is 14.3 Å². The summed E-state index contributed by atoms with van der Waals surface area (Å²) in [4.78, 5) is 27.7. The fraction of sp³-hybridized carbons (Fsp3) is 0.333. The van der Waals surface area contributed by atoms with Crippen molar-refractivity contribution in [3.63, 3.8) is 0 Å². The van der Waals surface area contributed by atoms with Gasteiger partial charge in [-0.05, 0) is 50.1 Å². The normalized spacial score (nSPS) is 13.9. The molecular weight excluding hydrogens is 432 g/mol. The number of anilines is 1. The molecule has 0 fully saturated rings. The number of benzene rings is 2. The fourth-order valence-corrected chi connectivity index (χ4v) is 3.51. The standard InChI is InChI=1S/C24H27ClN2O5/c1-15(2)32-13-5-12-27-23(28)21(16-6-8-17(25)9-7-16)22(24(27)29)26-18-10-11-19(30-3)20(14-18)31-4/h6-11,14-15,26H,5,12-13H2,1-4H3. The van der Waals surface area contributed by atoms with E-state index in [1.807, 2.05) is 13.8 Å². The third-order valence-corrected chi connectivity index (χ3v) is 5.18. The number of hydrogen-bond acceptors (Lipinski definition) is 6. The number of methoxy groups -OCH3 is 2. The molecule has 0 atom stereocenters. The molecule has 1 aliphatic heterocycles. The summed E-state index contributed by atoms with van der Waals surface area (Å²) < 4.78 is 16.2. The minimum atomic E-state index is -0.390. The average molecular weight is 459 g/mol. The Balaban J connectivity index is 1.93. The maximum atomic E-state index is 13.2. The lowest BCUT2D eigenvalue weighted by Gasteiger charge is -2.16. The predicted octanol–water partition coefficient (Wildman–Crippen LogP) is 4.36. The van der Waals surface area contributed by atoms with Crippen LogP contribution >= 0.6 is 11.6 Å². The highest BCUT2D eigenvalue weighted by Crippen LogP contribution is 2.34. The van der Waals surface area contributed by atoms with E-state index in [2.05, 4.69) is 5.32 Å². The van der Waals surface area contributed by atoms with Crippen LogP contribution in [-0.4, -0.2) is 50.2 Å². The van der Waals surface area contributed by atoms with Crippen LogP contribution in [0.3, 0.4) is 0 Å². The highest BCUT2D eigenvalue weighted by Gasteiger charge is 2.39. The van der Waals surface area contributed by atoms with E-state index in [1.165, 1.54) is 12.0 Å². The summed E-state index contributed by atoms with van der Waals surface area (Å²) in [6.45, 7) is 4.61. The molecule has 0 saturated heterocycles. The lowest BCUT2D eigenvalue weighted by molar-refractivity contribution is -0.137. The number of carbonyl (C=O) groups excluding carboxylic acids is 2. The van der Waals surface area contributed by atoms with Gasteiger partial charge < -0.3 is 19.5 Å². The molecule has 2 aromatic carbocycles. The maximum Gasteiger partial charge on any atom is 0.278 e. The van der Waals surface area contributed by atoms with E-state index in [-0.39, 0.29) is 30.2 Å². The Morgan fingerprint density at radius 2 is 1.66 bits per heavy atom. The van der Waals surface area contributed by atoms with E-state index in [4.69, 9.17) is 25.8 Å². The van der Waals surface area contributed by atoms with Gasteiger partial charge in [0.15, 0.2) is 11.5 Å². The van der Waals surface area contributed by atoms with Gasteiger partial charge in [0.1, 0.15) is 5.70 Å². The van der Waals surface area contributed by atoms with Crippen LogP contribution in [0.2, 0.25) is 5.02 Å². The molecule has 0 saturated carbocycles. The van der Waals surface area contributed by atoms with Gasteiger partial charge in [0, 0.05) is 29.9 Å². The summed E-state index contributed by atoms with van der Waals surface area (Å²) in [5, 5.41) is 3.66. The minimum absolute atomic E-state index is 0.0880. The minimum Gasteiger partial charge on any atom is -0.493 e. The maximum absolute atomic E-state index is 13.2. The summed E-state index contributed by atoms with van der Waals surface area (Å²) in [5.74, 6) is 0.320. The zero-order valence-corrected chi connectivity index (χ0v) is 19.4. The van der Waals surface area contributed by atoms with Crippen LogP contribution in [0, 0.1) is 0 Å². The van der Waals surface area contributed by atoms with Crippen molar-refractivity contribution in [2.75, 3.05) is 32.7 Å². The summed E-state index contributed by atoms with van der Waals surface area (Å²) in [6, 6.07) is 12.0. The van der Waals surface area contributed by atoms with Crippen LogP contribution in [0.15, 0.2) is 48.2 Å². The van der Waals surface area contributed by atoms with Gasteiger partial charge in [-0.2, -0.15) is 0 Å². The van der Waals surface area contributed by atoms with Gasteiger partial charge in [-0.3, -0.25) is 14.5 Å². The van der Waals surface area contributed by atoms with E-state index in [9.17, 15) is 9.59 Å². The predicted molar refractivity (Wildman–Crippen MR) is 124 cm³/mol. The molecule has 0 unspecified atom stereocenters. The Morgan fingerprint density at radius 3 is 2.28 bits per heavy atom. The highest BCUT2D eigenvalue weighted by molar-refractivity contribution is 6.36. The Kier molecular flexibility index (Phi) is 7.77. The molecular formula is C24H27ClN2O5. The van der Waals surface area contributed by atoms with Gasteiger partial charge in [0.25, 0.3) is 11.8 Å². The first kappa shape index (κ1) is 23.6. The highest BCUT2D eigenvalue weighted by atomic mass is 35.5. The summed E-state index contributed by atoms with van der Waals surface area (Å²) in [6.07, 6.45) is 0.637. The van der Waals surface area contributed by atoms with Crippen LogP contribution in [0.1, 0.15) is 25.8 Å². The van der Waals surface area contributed by atoms with Gasteiger partial charge in [-0.25, -0.2) is 0 Å². The van der Waals surface area contributed by atoms with Crippen molar-refractivity contribution in [1.82, 2.24) is 4.90 Å². The number of carbonyl (C=O) groups is 2. The van der Waals surface area contributed by atoms with E-state index >= 15 is 0 Å². The molecule has 1 heterocycles. The number of ether oxygens (including phenoxy) is 3. The lowest BCUT2D eigenvalue weighted by atomic mass is 10.0. The van der Waals surface area contributed by atoms with Gasteiger partial charge in [-0.15, -0.1) is 0 Å². The van der Waals surface area contributed by atoms with Gasteiger partial charge in [0.05, 0.1) is 25.9 Å². The van der Waals surface area contributed by atoms with E-state index < -0.39 is 0 Å². The zero-order valence-electron chi connectivity index (χ0n) is 18.6. The fourth-order valence-electron chi connectivity index (χ4n) is 3.38. The number of nitrogens with one attached hydrogen (secondary N) is 1. The van der Waals surface area contributed by atoms with E-state index in [0.29, 0.717) is 46.4 Å². The first-order valence-electron chi connectivity index (χ1n) is 10.3. The van der Waals surface area contributed by atoms with Crippen molar-refractivity contribution in [3.8, 4) is 11.5 Å². The van der Waals surface area contributed by atoms with Gasteiger partial charge >= 0.3 is 0 Å². The molecule has 8 heteroatoms. The Labute approximate surface area is 192 Å². The quantitative estimate of drug-likeness (QED) is 0.421. The molecule has 1 N–H and O–H groups in total. The number of nitrogens with zero attached hydrogens (tertiary/aromatic N) is 1. The van der Waals surface area contributed by atoms with Crippen molar-refractivity contribution >= 4 is 34.7 Å². The molecule has 2 aromatic rings. The van der Waals surface area contributed by atoms with Crippen LogP contribution in [0.5, 0.6) is 11.5 Å². The first-order valence-corrected chi connectivity index (χ1v) is 10.7. The van der Waals surface area contributed by atoms with Crippen LogP contribution < -0.4 is 14.8 Å². The largest absolute Gasteiger partial charge is 0.493 e. The third-order valence-electron chi connectivity index (χ3n) is 4.93. The summed E-state index contributed by atoms with van der Waals surface area (Å²) >= 11 is 6.02. The van der Waals surface area contributed by atoms with Crippen molar-refractivity contribution in [3.05, 3.63) is 58.7 Å². The van der Waals surface area contributed by atoms with Gasteiger partial charge in [-0.1, -0.05) is 23.7 Å². The molecule has 0 radical (unpaired) electrons. The Hall–Kier alpha value is -3.03. The SMILES string of the molecule is COc1ccc(NC2=C(c3ccc(Cl)cc3)C(=O)N(CCCOC(C)C)C2=O)cc1OC. The molecule has 32 heavy (non-hydrogen) atoms. The molecule has 1 aliphatic rings. The molecule has 0 spiro atoms. The lowest BCUT2D eigenvalue weighted by Crippen LogP contribution is -2.34. The average Bonchev–Trinajstić information content (AvgIpc) is 3.01. The van der Waals surface area contributed by atoms with E-state index in [0.717, 1.165) is 0 Å². The monoisotopic (exact) mass is 458 g/mol. The Bertz CT molecular complexity index is 1020. The molecule has 0 bridgehead atoms. The van der Waals surface area contributed by atoms with Crippen LogP contribution in [0.25, 0.3) is 5.57 Å². The van der Waals surface area contributed by atoms with Crippen molar-refractivity contribution in [2.45, 2.75) is 26.4 Å². The number of amides is 2. The summed E-state index contributed by atoms with van der Waals surface area (Å²) in [7, 11) is 3.08. The molecule has 3 rings (SSSR count). The number of hydrogen-bond donors (Lipinski definition) is 1. The molecule has 0 aromatic heterocycles. The Morgan fingerprint density at radius 1 is 0.969 bits per heavy atom. The zero-order chi connectivity index (χ0) is 23.3. The second kappa shape index (κ2) is 10.5. The second-order valence-corrected chi connectivity index (χ2v) is 7.92. The molecule has 2 amide bonds. The first-order chi connectivity index (χ1) is 15.3. The second-order valence-electron chi connectivity index (χ2n) is 7.49. The topological polar surface area (TPSA) is 77.1 Å². The van der Waals surface area contributed by atoms with E-state index in [1.54, 1.807) is 49.6 Å².